The van der Waals surface area contributed by atoms with Crippen molar-refractivity contribution in [2.24, 2.45) is 7.05 Å². The summed E-state index contributed by atoms with van der Waals surface area (Å²) in [6.07, 6.45) is 0. The lowest BCUT2D eigenvalue weighted by molar-refractivity contribution is 0.557. The minimum absolute atomic E-state index is 0.0315. The summed E-state index contributed by atoms with van der Waals surface area (Å²) in [5, 5.41) is 10.3. The number of sulfonamides is 1. The van der Waals surface area contributed by atoms with E-state index < -0.39 is 10.0 Å². The van der Waals surface area contributed by atoms with Crippen LogP contribution in [0.15, 0.2) is 9.63 Å². The fourth-order valence-electron chi connectivity index (χ4n) is 1.13. The van der Waals surface area contributed by atoms with Crippen LogP contribution in [0.5, 0.6) is 0 Å². The number of likely N-dealkylation sites (N-methyl/N-ethyl adjacent to an activating group) is 1. The van der Waals surface area contributed by atoms with Crippen molar-refractivity contribution in [3.8, 4) is 0 Å². The highest BCUT2D eigenvalue weighted by Crippen LogP contribution is 2.16. The van der Waals surface area contributed by atoms with Gasteiger partial charge in [-0.3, -0.25) is 0 Å². The number of nitrogens with one attached hydrogen (secondary N) is 2. The number of aryl methyl sites for hydroxylation is 1. The summed E-state index contributed by atoms with van der Waals surface area (Å²) in [6.45, 7) is 3.67. The minimum atomic E-state index is -3.56. The van der Waals surface area contributed by atoms with Crippen molar-refractivity contribution in [1.29, 1.82) is 0 Å². The summed E-state index contributed by atoms with van der Waals surface area (Å²) < 4.78 is 27.5. The average Bonchev–Trinajstić information content (AvgIpc) is 2.54. The molecular weight excluding hydrogens is 298 g/mol. The van der Waals surface area contributed by atoms with E-state index in [2.05, 4.69) is 36.3 Å². The maximum Gasteiger partial charge on any atom is 0.260 e. The number of hydrogen-bond donors (Lipinski definition) is 2. The van der Waals surface area contributed by atoms with E-state index in [0.717, 1.165) is 6.54 Å². The number of hydrogen-bond acceptors (Lipinski definition) is 5. The van der Waals surface area contributed by atoms with Gasteiger partial charge in [-0.25, -0.2) is 17.8 Å². The van der Waals surface area contributed by atoms with Gasteiger partial charge < -0.3 is 5.32 Å². The highest BCUT2D eigenvalue weighted by molar-refractivity contribution is 9.10. The van der Waals surface area contributed by atoms with Crippen LogP contribution in [0.1, 0.15) is 6.92 Å². The molecule has 0 aliphatic carbocycles. The third kappa shape index (κ3) is 3.24. The molecule has 1 aromatic rings. The second kappa shape index (κ2) is 5.71. The van der Waals surface area contributed by atoms with Crippen molar-refractivity contribution < 1.29 is 8.42 Å². The Kier molecular flexibility index (Phi) is 4.84. The molecule has 7 nitrogen and oxygen atoms in total. The first-order valence-corrected chi connectivity index (χ1v) is 7.02. The van der Waals surface area contributed by atoms with Gasteiger partial charge in [0.15, 0.2) is 4.60 Å². The van der Waals surface area contributed by atoms with Crippen LogP contribution in [0.3, 0.4) is 0 Å². The average molecular weight is 312 g/mol. The molecule has 0 bridgehead atoms. The molecule has 0 aliphatic rings. The van der Waals surface area contributed by atoms with E-state index in [1.54, 1.807) is 0 Å². The quantitative estimate of drug-likeness (QED) is 0.689. The molecule has 0 amide bonds. The van der Waals surface area contributed by atoms with Crippen molar-refractivity contribution in [3.63, 3.8) is 0 Å². The van der Waals surface area contributed by atoms with E-state index in [9.17, 15) is 8.42 Å². The summed E-state index contributed by atoms with van der Waals surface area (Å²) in [4.78, 5) is 0. The monoisotopic (exact) mass is 311 g/mol. The van der Waals surface area contributed by atoms with Crippen molar-refractivity contribution in [2.45, 2.75) is 11.9 Å². The van der Waals surface area contributed by atoms with Gasteiger partial charge in [0.05, 0.1) is 0 Å². The number of aromatic nitrogens is 3. The van der Waals surface area contributed by atoms with Crippen molar-refractivity contribution >= 4 is 26.0 Å². The van der Waals surface area contributed by atoms with Crippen LogP contribution in [0, 0.1) is 0 Å². The molecule has 1 heterocycles. The Morgan fingerprint density at radius 1 is 1.44 bits per heavy atom. The smallest absolute Gasteiger partial charge is 0.260 e. The summed E-state index contributed by atoms with van der Waals surface area (Å²) in [7, 11) is -2.03. The molecule has 0 saturated carbocycles. The lowest BCUT2D eigenvalue weighted by Crippen LogP contribution is -2.32. The molecule has 1 rings (SSSR count). The molecule has 1 aromatic heterocycles. The van der Waals surface area contributed by atoms with Crippen LogP contribution in [0.4, 0.5) is 0 Å². The molecule has 0 radical (unpaired) electrons. The van der Waals surface area contributed by atoms with Gasteiger partial charge in [0.1, 0.15) is 0 Å². The standard InChI is InChI=1S/C7H14BrN5O2S/c1-3-9-4-5-10-16(14,15)7-6(8)11-12-13(7)2/h9-10H,3-5H2,1-2H3. The van der Waals surface area contributed by atoms with Crippen LogP contribution < -0.4 is 10.0 Å². The summed E-state index contributed by atoms with van der Waals surface area (Å²) in [6, 6.07) is 0. The zero-order chi connectivity index (χ0) is 12.2. The first-order chi connectivity index (χ1) is 7.49. The van der Waals surface area contributed by atoms with Crippen LogP contribution in [-0.2, 0) is 17.1 Å². The third-order valence-electron chi connectivity index (χ3n) is 1.84. The number of rotatable bonds is 6. The van der Waals surface area contributed by atoms with Gasteiger partial charge in [-0.05, 0) is 22.5 Å². The molecule has 0 aromatic carbocycles. The predicted octanol–water partition coefficient (Wildman–Crippen LogP) is -0.535. The fraction of sp³-hybridized carbons (Fsp3) is 0.714. The van der Waals surface area contributed by atoms with E-state index in [1.165, 1.54) is 11.7 Å². The van der Waals surface area contributed by atoms with Crippen molar-refractivity contribution in [1.82, 2.24) is 25.0 Å². The molecule has 0 atom stereocenters. The predicted molar refractivity (Wildman–Crippen MR) is 62.4 cm³/mol. The maximum absolute atomic E-state index is 11.8. The molecule has 0 unspecified atom stereocenters. The molecule has 16 heavy (non-hydrogen) atoms. The fourth-order valence-corrected chi connectivity index (χ4v) is 3.25. The van der Waals surface area contributed by atoms with Gasteiger partial charge in [0.25, 0.3) is 10.0 Å². The van der Waals surface area contributed by atoms with E-state index in [0.29, 0.717) is 13.1 Å². The van der Waals surface area contributed by atoms with E-state index in [-0.39, 0.29) is 9.63 Å². The SMILES string of the molecule is CCNCCNS(=O)(=O)c1c(Br)nnn1C. The maximum atomic E-state index is 11.8. The molecule has 0 saturated heterocycles. The van der Waals surface area contributed by atoms with E-state index in [1.807, 2.05) is 6.92 Å². The second-order valence-corrected chi connectivity index (χ2v) is 5.49. The Balaban J connectivity index is 2.71. The molecule has 0 aliphatic heterocycles. The highest BCUT2D eigenvalue weighted by Gasteiger charge is 2.22. The lowest BCUT2D eigenvalue weighted by atomic mass is 10.6. The summed E-state index contributed by atoms with van der Waals surface area (Å²) in [5.41, 5.74) is 0. The van der Waals surface area contributed by atoms with Crippen LogP contribution in [0.25, 0.3) is 0 Å². The van der Waals surface area contributed by atoms with Gasteiger partial charge in [0.2, 0.25) is 5.03 Å². The molecule has 2 N–H and O–H groups in total. The summed E-state index contributed by atoms with van der Waals surface area (Å²) in [5.74, 6) is 0. The first-order valence-electron chi connectivity index (χ1n) is 4.74. The number of halogens is 1. The largest absolute Gasteiger partial charge is 0.316 e. The normalized spacial score (nSPS) is 11.9. The molecular formula is C7H14BrN5O2S. The van der Waals surface area contributed by atoms with Crippen molar-refractivity contribution in [2.75, 3.05) is 19.6 Å². The van der Waals surface area contributed by atoms with Gasteiger partial charge >= 0.3 is 0 Å². The van der Waals surface area contributed by atoms with E-state index in [4.69, 9.17) is 0 Å². The van der Waals surface area contributed by atoms with Gasteiger partial charge in [-0.15, -0.1) is 5.10 Å². The Morgan fingerprint density at radius 2 is 2.12 bits per heavy atom. The van der Waals surface area contributed by atoms with Crippen molar-refractivity contribution in [3.05, 3.63) is 4.60 Å². The van der Waals surface area contributed by atoms with Crippen LogP contribution >= 0.6 is 15.9 Å². The van der Waals surface area contributed by atoms with Gasteiger partial charge in [-0.1, -0.05) is 12.1 Å². The Labute approximate surface area is 103 Å². The van der Waals surface area contributed by atoms with Crippen LogP contribution in [0.2, 0.25) is 0 Å². The topological polar surface area (TPSA) is 88.9 Å². The first kappa shape index (κ1) is 13.6. The third-order valence-corrected chi connectivity index (χ3v) is 4.18. The Bertz CT molecular complexity index is 424. The minimum Gasteiger partial charge on any atom is -0.316 e. The van der Waals surface area contributed by atoms with E-state index >= 15 is 0 Å². The zero-order valence-electron chi connectivity index (χ0n) is 9.07. The zero-order valence-corrected chi connectivity index (χ0v) is 11.5. The van der Waals surface area contributed by atoms with Gasteiger partial charge in [-0.2, -0.15) is 0 Å². The molecule has 0 fully saturated rings. The van der Waals surface area contributed by atoms with Crippen LogP contribution in [-0.4, -0.2) is 43.0 Å². The highest BCUT2D eigenvalue weighted by atomic mass is 79.9. The van der Waals surface area contributed by atoms with Gasteiger partial charge in [0, 0.05) is 20.1 Å². The number of nitrogens with zero attached hydrogens (tertiary/aromatic N) is 3. The molecule has 9 heteroatoms. The molecule has 0 spiro atoms. The Hall–Kier alpha value is -0.510. The molecule has 92 valence electrons. The summed E-state index contributed by atoms with van der Waals surface area (Å²) >= 11 is 3.05. The lowest BCUT2D eigenvalue weighted by Gasteiger charge is -2.06. The Morgan fingerprint density at radius 3 is 2.62 bits per heavy atom. The second-order valence-electron chi connectivity index (χ2n) is 3.06.